The van der Waals surface area contributed by atoms with Crippen LogP contribution in [-0.4, -0.2) is 40.8 Å². The molecule has 1 aliphatic heterocycles. The fourth-order valence-corrected chi connectivity index (χ4v) is 3.29. The number of nitrogens with two attached hydrogens (primary N) is 1. The number of hydrogen-bond acceptors (Lipinski definition) is 5. The van der Waals surface area contributed by atoms with Crippen LogP contribution >= 0.6 is 0 Å². The van der Waals surface area contributed by atoms with Crippen molar-refractivity contribution in [3.8, 4) is 5.75 Å². The highest BCUT2D eigenvalue weighted by Gasteiger charge is 2.47. The number of primary amides is 1. The fraction of sp³-hybridized carbons (Fsp3) is 0.158. The van der Waals surface area contributed by atoms with Crippen LogP contribution in [-0.2, 0) is 14.4 Å². The third-order valence-corrected chi connectivity index (χ3v) is 4.49. The minimum absolute atomic E-state index is 0.0456. The second kappa shape index (κ2) is 6.91. The number of carbonyl (C=O) groups is 4. The number of aliphatic carboxylic acids is 1. The molecule has 0 aromatic heterocycles. The smallest absolute Gasteiger partial charge is 0.319 e. The van der Waals surface area contributed by atoms with Gasteiger partial charge in [0.15, 0.2) is 0 Å². The average molecular weight is 368 g/mol. The van der Waals surface area contributed by atoms with Crippen molar-refractivity contribution in [2.24, 2.45) is 5.73 Å². The Hall–Kier alpha value is -3.68. The molecule has 0 saturated heterocycles. The van der Waals surface area contributed by atoms with Crippen molar-refractivity contribution in [2.75, 3.05) is 7.11 Å². The zero-order valence-corrected chi connectivity index (χ0v) is 14.3. The van der Waals surface area contributed by atoms with Crippen LogP contribution < -0.4 is 10.5 Å². The zero-order valence-electron chi connectivity index (χ0n) is 14.3. The van der Waals surface area contributed by atoms with E-state index in [9.17, 15) is 24.3 Å². The number of hydrogen-bond donors (Lipinski definition) is 2. The van der Waals surface area contributed by atoms with Crippen LogP contribution in [0.3, 0.4) is 0 Å². The van der Waals surface area contributed by atoms with Crippen molar-refractivity contribution in [2.45, 2.75) is 12.0 Å². The van der Waals surface area contributed by atoms with Gasteiger partial charge in [-0.2, -0.15) is 0 Å². The molecule has 0 bridgehead atoms. The van der Waals surface area contributed by atoms with Crippen LogP contribution in [0.25, 0.3) is 0 Å². The van der Waals surface area contributed by atoms with Crippen molar-refractivity contribution in [1.82, 2.24) is 4.90 Å². The van der Waals surface area contributed by atoms with E-state index in [2.05, 4.69) is 0 Å². The van der Waals surface area contributed by atoms with Crippen LogP contribution in [0.5, 0.6) is 5.75 Å². The zero-order chi connectivity index (χ0) is 19.7. The lowest BCUT2D eigenvalue weighted by Gasteiger charge is -2.38. The minimum Gasteiger partial charge on any atom is -0.497 e. The molecule has 1 aliphatic rings. The first-order valence-electron chi connectivity index (χ1n) is 7.99. The van der Waals surface area contributed by atoms with Gasteiger partial charge >= 0.3 is 17.8 Å². The molecule has 8 nitrogen and oxygen atoms in total. The molecule has 3 rings (SSSR count). The summed E-state index contributed by atoms with van der Waals surface area (Å²) in [5, 5.41) is 9.85. The van der Waals surface area contributed by atoms with Crippen LogP contribution in [0.1, 0.15) is 33.4 Å². The van der Waals surface area contributed by atoms with E-state index in [-0.39, 0.29) is 11.1 Å². The van der Waals surface area contributed by atoms with Gasteiger partial charge in [0.2, 0.25) is 0 Å². The van der Waals surface area contributed by atoms with Gasteiger partial charge in [0.05, 0.1) is 13.2 Å². The Balaban J connectivity index is 2.25. The number of amides is 3. The van der Waals surface area contributed by atoms with Gasteiger partial charge in [-0.15, -0.1) is 0 Å². The summed E-state index contributed by atoms with van der Waals surface area (Å²) >= 11 is 0. The second-order valence-corrected chi connectivity index (χ2v) is 5.97. The molecule has 2 aromatic carbocycles. The maximum absolute atomic E-state index is 12.9. The molecule has 2 unspecified atom stereocenters. The quantitative estimate of drug-likeness (QED) is 0.780. The third-order valence-electron chi connectivity index (χ3n) is 4.49. The molecular formula is C19H16N2O6. The Kier molecular flexibility index (Phi) is 4.64. The minimum atomic E-state index is -1.34. The van der Waals surface area contributed by atoms with Crippen LogP contribution in [0.15, 0.2) is 48.5 Å². The number of imide groups is 1. The Morgan fingerprint density at radius 3 is 2.26 bits per heavy atom. The Bertz CT molecular complexity index is 937. The molecule has 3 N–H and O–H groups in total. The molecule has 0 spiro atoms. The maximum Gasteiger partial charge on any atom is 0.319 e. The number of benzene rings is 2. The van der Waals surface area contributed by atoms with E-state index in [1.54, 1.807) is 36.4 Å². The van der Waals surface area contributed by atoms with Gasteiger partial charge in [0.25, 0.3) is 5.91 Å². The Morgan fingerprint density at radius 1 is 1.07 bits per heavy atom. The largest absolute Gasteiger partial charge is 0.497 e. The lowest BCUT2D eigenvalue weighted by atomic mass is 9.79. The van der Waals surface area contributed by atoms with Gasteiger partial charge in [-0.3, -0.25) is 24.1 Å². The predicted octanol–water partition coefficient (Wildman–Crippen LogP) is 1.07. The first-order chi connectivity index (χ1) is 12.9. The maximum atomic E-state index is 12.9. The molecule has 2 atom stereocenters. The van der Waals surface area contributed by atoms with Crippen molar-refractivity contribution < 1.29 is 29.0 Å². The summed E-state index contributed by atoms with van der Waals surface area (Å²) in [5.74, 6) is -5.35. The topological polar surface area (TPSA) is 127 Å². The van der Waals surface area contributed by atoms with Crippen molar-refractivity contribution >= 4 is 23.7 Å². The molecular weight excluding hydrogens is 352 g/mol. The summed E-state index contributed by atoms with van der Waals surface area (Å²) < 4.78 is 5.08. The molecule has 3 amide bonds. The van der Waals surface area contributed by atoms with Gasteiger partial charge < -0.3 is 15.6 Å². The summed E-state index contributed by atoms with van der Waals surface area (Å²) in [6.45, 7) is 0. The van der Waals surface area contributed by atoms with Gasteiger partial charge in [0, 0.05) is 5.56 Å². The molecule has 2 aromatic rings. The number of carboxylic acids is 1. The van der Waals surface area contributed by atoms with Gasteiger partial charge in [0.1, 0.15) is 11.7 Å². The molecule has 0 radical (unpaired) electrons. The first-order valence-corrected chi connectivity index (χ1v) is 7.99. The molecule has 0 aliphatic carbocycles. The number of carboxylic acid groups (broad SMARTS) is 1. The molecule has 0 fully saturated rings. The molecule has 138 valence electrons. The van der Waals surface area contributed by atoms with E-state index in [1.807, 2.05) is 0 Å². The normalized spacial score (nSPS) is 18.6. The molecule has 8 heteroatoms. The SMILES string of the molecule is COc1ccc(C2C(C(=O)O)c3ccccc3C(=O)N2C(=O)C(N)=O)cc1. The lowest BCUT2D eigenvalue weighted by Crippen LogP contribution is -2.51. The molecule has 27 heavy (non-hydrogen) atoms. The van der Waals surface area contributed by atoms with Crippen LogP contribution in [0.4, 0.5) is 0 Å². The van der Waals surface area contributed by atoms with Crippen molar-refractivity contribution in [1.29, 1.82) is 0 Å². The molecule has 1 heterocycles. The summed E-state index contributed by atoms with van der Waals surface area (Å²) in [6.07, 6.45) is 0. The first kappa shape index (κ1) is 18.1. The van der Waals surface area contributed by atoms with E-state index in [0.29, 0.717) is 16.2 Å². The summed E-state index contributed by atoms with van der Waals surface area (Å²) in [7, 11) is 1.47. The summed E-state index contributed by atoms with van der Waals surface area (Å²) in [5.41, 5.74) is 5.78. The van der Waals surface area contributed by atoms with E-state index < -0.39 is 35.7 Å². The predicted molar refractivity (Wildman–Crippen MR) is 92.9 cm³/mol. The monoisotopic (exact) mass is 368 g/mol. The number of fused-ring (bicyclic) bond motifs is 1. The molecule has 0 saturated carbocycles. The highest BCUT2D eigenvalue weighted by atomic mass is 16.5. The van der Waals surface area contributed by atoms with Crippen molar-refractivity contribution in [3.05, 3.63) is 65.2 Å². The van der Waals surface area contributed by atoms with E-state index in [1.165, 1.54) is 19.2 Å². The van der Waals surface area contributed by atoms with Gasteiger partial charge in [-0.25, -0.2) is 0 Å². The van der Waals surface area contributed by atoms with Gasteiger partial charge in [-0.05, 0) is 29.3 Å². The third kappa shape index (κ3) is 3.01. The Morgan fingerprint density at radius 2 is 1.70 bits per heavy atom. The summed E-state index contributed by atoms with van der Waals surface area (Å²) in [4.78, 5) is 49.6. The summed E-state index contributed by atoms with van der Waals surface area (Å²) in [6, 6.07) is 11.1. The van der Waals surface area contributed by atoms with Crippen molar-refractivity contribution in [3.63, 3.8) is 0 Å². The Labute approximate surface area is 154 Å². The average Bonchev–Trinajstić information content (AvgIpc) is 2.67. The number of methoxy groups -OCH3 is 1. The van der Waals surface area contributed by atoms with E-state index in [0.717, 1.165) is 0 Å². The standard InChI is InChI=1S/C19H16N2O6/c1-27-11-8-6-10(7-9-11)15-14(19(25)26)12-4-2-3-5-13(12)17(23)21(15)18(24)16(20)22/h2-9,14-15H,1H3,(H2,20,22)(H,25,26). The van der Waals surface area contributed by atoms with E-state index >= 15 is 0 Å². The van der Waals surface area contributed by atoms with Crippen LogP contribution in [0, 0.1) is 0 Å². The highest BCUT2D eigenvalue weighted by Crippen LogP contribution is 2.43. The number of carbonyl (C=O) groups excluding carboxylic acids is 3. The van der Waals surface area contributed by atoms with Gasteiger partial charge in [-0.1, -0.05) is 30.3 Å². The van der Waals surface area contributed by atoms with E-state index in [4.69, 9.17) is 10.5 Å². The number of nitrogens with zero attached hydrogens (tertiary/aromatic N) is 1. The van der Waals surface area contributed by atoms with Crippen LogP contribution in [0.2, 0.25) is 0 Å². The second-order valence-electron chi connectivity index (χ2n) is 5.97. The fourth-order valence-electron chi connectivity index (χ4n) is 3.29. The lowest BCUT2D eigenvalue weighted by molar-refractivity contribution is -0.147. The highest BCUT2D eigenvalue weighted by molar-refractivity contribution is 6.38. The number of ether oxygens (including phenoxy) is 1. The number of rotatable bonds is 3.